The second kappa shape index (κ2) is 8.19. The van der Waals surface area contributed by atoms with E-state index in [-0.39, 0.29) is 18.5 Å². The van der Waals surface area contributed by atoms with Crippen LogP contribution >= 0.6 is 0 Å². The van der Waals surface area contributed by atoms with Gasteiger partial charge in [0.05, 0.1) is 11.0 Å². The Hall–Kier alpha value is -2.82. The van der Waals surface area contributed by atoms with Crippen molar-refractivity contribution >= 4 is 22.9 Å². The summed E-state index contributed by atoms with van der Waals surface area (Å²) in [5.41, 5.74) is 3.41. The van der Waals surface area contributed by atoms with Crippen molar-refractivity contribution in [1.29, 1.82) is 0 Å². The van der Waals surface area contributed by atoms with Gasteiger partial charge in [-0.1, -0.05) is 42.5 Å². The maximum absolute atomic E-state index is 13.3. The first-order chi connectivity index (χ1) is 16.1. The molecule has 1 atom stereocenters. The standard InChI is InChI=1S/C28H34N4O/c1-19(28-14-21-11-22(15-28)13-23(12-21)16-28)30-26(33)18-32-25-10-6-5-9-24(25)31-27(32)29-17-20-7-3-2-4-8-20/h2-10,19,21-23H,11-18H2,1H3,(H,29,31)(H,30,33)/t19-,21?,22?,23?,28?/m1/s1. The lowest BCUT2D eigenvalue weighted by Crippen LogP contribution is -2.56. The fraction of sp³-hybridized carbons (Fsp3) is 0.500. The Morgan fingerprint density at radius 1 is 1.00 bits per heavy atom. The Kier molecular flexibility index (Phi) is 5.16. The van der Waals surface area contributed by atoms with Crippen molar-refractivity contribution in [3.05, 3.63) is 60.2 Å². The van der Waals surface area contributed by atoms with Gasteiger partial charge in [-0.3, -0.25) is 4.79 Å². The highest BCUT2D eigenvalue weighted by Crippen LogP contribution is 2.61. The molecule has 4 aliphatic rings. The summed E-state index contributed by atoms with van der Waals surface area (Å²) in [6, 6.07) is 18.6. The molecular weight excluding hydrogens is 408 g/mol. The molecule has 1 heterocycles. The fourth-order valence-corrected chi connectivity index (χ4v) is 7.44. The molecule has 0 spiro atoms. The highest BCUT2D eigenvalue weighted by molar-refractivity contribution is 5.83. The van der Waals surface area contributed by atoms with E-state index >= 15 is 0 Å². The molecule has 0 unspecified atom stereocenters. The molecule has 5 heteroatoms. The second-order valence-corrected chi connectivity index (χ2v) is 10.9. The van der Waals surface area contributed by atoms with Gasteiger partial charge in [0.1, 0.15) is 6.54 Å². The number of para-hydroxylation sites is 2. The van der Waals surface area contributed by atoms with Crippen LogP contribution in [0, 0.1) is 23.2 Å². The average molecular weight is 443 g/mol. The number of imidazole rings is 1. The van der Waals surface area contributed by atoms with Crippen molar-refractivity contribution in [3.63, 3.8) is 0 Å². The molecule has 33 heavy (non-hydrogen) atoms. The Morgan fingerprint density at radius 3 is 2.33 bits per heavy atom. The largest absolute Gasteiger partial charge is 0.352 e. The molecular formula is C28H34N4O. The molecule has 4 aliphatic carbocycles. The molecule has 2 aromatic carbocycles. The number of amides is 1. The molecule has 4 fully saturated rings. The van der Waals surface area contributed by atoms with Gasteiger partial charge in [0, 0.05) is 12.6 Å². The van der Waals surface area contributed by atoms with E-state index in [2.05, 4.69) is 29.7 Å². The van der Waals surface area contributed by atoms with Crippen LogP contribution in [0.3, 0.4) is 0 Å². The van der Waals surface area contributed by atoms with E-state index in [1.54, 1.807) is 0 Å². The minimum absolute atomic E-state index is 0.0872. The minimum atomic E-state index is 0.0872. The highest BCUT2D eigenvalue weighted by Gasteiger charge is 2.53. The summed E-state index contributed by atoms with van der Waals surface area (Å²) in [5, 5.41) is 6.88. The Balaban J connectivity index is 1.19. The van der Waals surface area contributed by atoms with Gasteiger partial charge in [0.25, 0.3) is 0 Å². The van der Waals surface area contributed by atoms with Crippen LogP contribution in [-0.4, -0.2) is 21.5 Å². The first-order valence-corrected chi connectivity index (χ1v) is 12.6. The number of nitrogens with zero attached hydrogens (tertiary/aromatic N) is 2. The van der Waals surface area contributed by atoms with E-state index in [1.165, 1.54) is 44.1 Å². The summed E-state index contributed by atoms with van der Waals surface area (Å²) in [6.07, 6.45) is 8.20. The van der Waals surface area contributed by atoms with Crippen LogP contribution < -0.4 is 10.6 Å². The van der Waals surface area contributed by atoms with Crippen LogP contribution in [0.4, 0.5) is 5.95 Å². The van der Waals surface area contributed by atoms with Crippen LogP contribution in [-0.2, 0) is 17.9 Å². The van der Waals surface area contributed by atoms with E-state index in [4.69, 9.17) is 4.98 Å². The maximum atomic E-state index is 13.3. The van der Waals surface area contributed by atoms with Crippen LogP contribution in [0.15, 0.2) is 54.6 Å². The number of carbonyl (C=O) groups is 1. The van der Waals surface area contributed by atoms with E-state index in [0.29, 0.717) is 12.0 Å². The van der Waals surface area contributed by atoms with Crippen molar-refractivity contribution in [2.45, 2.75) is 64.6 Å². The van der Waals surface area contributed by atoms with Crippen LogP contribution in [0.5, 0.6) is 0 Å². The van der Waals surface area contributed by atoms with Gasteiger partial charge in [0.2, 0.25) is 11.9 Å². The van der Waals surface area contributed by atoms with Gasteiger partial charge < -0.3 is 15.2 Å². The monoisotopic (exact) mass is 442 g/mol. The van der Waals surface area contributed by atoms with E-state index < -0.39 is 0 Å². The third-order valence-electron chi connectivity index (χ3n) is 8.63. The third-order valence-corrected chi connectivity index (χ3v) is 8.63. The van der Waals surface area contributed by atoms with Gasteiger partial charge in [-0.25, -0.2) is 4.98 Å². The number of hydrogen-bond donors (Lipinski definition) is 2. The number of fused-ring (bicyclic) bond motifs is 1. The third kappa shape index (κ3) is 3.92. The SMILES string of the molecule is C[C@@H](NC(=O)Cn1c(NCc2ccccc2)nc2ccccc21)C12CC3CC(CC(C3)C1)C2. The summed E-state index contributed by atoms with van der Waals surface area (Å²) in [6.45, 7) is 3.22. The summed E-state index contributed by atoms with van der Waals surface area (Å²) in [4.78, 5) is 18.1. The molecule has 4 bridgehead atoms. The van der Waals surface area contributed by atoms with Crippen molar-refractivity contribution in [1.82, 2.24) is 14.9 Å². The first kappa shape index (κ1) is 20.8. The average Bonchev–Trinajstić information content (AvgIpc) is 3.14. The Morgan fingerprint density at radius 2 is 1.64 bits per heavy atom. The predicted molar refractivity (Wildman–Crippen MR) is 132 cm³/mol. The molecule has 5 nitrogen and oxygen atoms in total. The zero-order valence-electron chi connectivity index (χ0n) is 19.5. The van der Waals surface area contributed by atoms with Gasteiger partial charge in [-0.2, -0.15) is 0 Å². The highest BCUT2D eigenvalue weighted by atomic mass is 16.2. The van der Waals surface area contributed by atoms with Gasteiger partial charge in [-0.05, 0) is 86.3 Å². The molecule has 1 aromatic heterocycles. The smallest absolute Gasteiger partial charge is 0.240 e. The van der Waals surface area contributed by atoms with Crippen LogP contribution in [0.2, 0.25) is 0 Å². The normalized spacial score (nSPS) is 28.7. The maximum Gasteiger partial charge on any atom is 0.240 e. The fourth-order valence-electron chi connectivity index (χ4n) is 7.44. The molecule has 172 valence electrons. The predicted octanol–water partition coefficient (Wildman–Crippen LogP) is 5.37. The number of anilines is 1. The van der Waals surface area contributed by atoms with Gasteiger partial charge in [-0.15, -0.1) is 0 Å². The summed E-state index contributed by atoms with van der Waals surface area (Å²) < 4.78 is 2.03. The Bertz CT molecular complexity index is 1120. The summed E-state index contributed by atoms with van der Waals surface area (Å²) in [5.74, 6) is 3.51. The van der Waals surface area contributed by atoms with Crippen molar-refractivity contribution in [2.24, 2.45) is 23.2 Å². The number of rotatable bonds is 7. The van der Waals surface area contributed by atoms with E-state index in [0.717, 1.165) is 34.7 Å². The van der Waals surface area contributed by atoms with E-state index in [1.807, 2.05) is 47.0 Å². The first-order valence-electron chi connectivity index (χ1n) is 12.6. The topological polar surface area (TPSA) is 59.0 Å². The molecule has 0 radical (unpaired) electrons. The summed E-state index contributed by atoms with van der Waals surface area (Å²) >= 11 is 0. The van der Waals surface area contributed by atoms with Crippen LogP contribution in [0.1, 0.15) is 51.0 Å². The Labute approximate surface area is 196 Å². The van der Waals surface area contributed by atoms with Crippen molar-refractivity contribution in [2.75, 3.05) is 5.32 Å². The molecule has 4 saturated carbocycles. The van der Waals surface area contributed by atoms with Crippen LogP contribution in [0.25, 0.3) is 11.0 Å². The summed E-state index contributed by atoms with van der Waals surface area (Å²) in [7, 11) is 0. The number of hydrogen-bond acceptors (Lipinski definition) is 3. The number of nitrogens with one attached hydrogen (secondary N) is 2. The molecule has 7 rings (SSSR count). The second-order valence-electron chi connectivity index (χ2n) is 10.9. The lowest BCUT2D eigenvalue weighted by molar-refractivity contribution is -0.126. The molecule has 0 aliphatic heterocycles. The van der Waals surface area contributed by atoms with Gasteiger partial charge >= 0.3 is 0 Å². The van der Waals surface area contributed by atoms with E-state index in [9.17, 15) is 4.79 Å². The molecule has 3 aromatic rings. The lowest BCUT2D eigenvalue weighted by atomic mass is 9.48. The van der Waals surface area contributed by atoms with Gasteiger partial charge in [0.15, 0.2) is 0 Å². The zero-order chi connectivity index (χ0) is 22.4. The molecule has 2 N–H and O–H groups in total. The number of benzene rings is 2. The minimum Gasteiger partial charge on any atom is -0.352 e. The molecule has 0 saturated heterocycles. The quantitative estimate of drug-likeness (QED) is 0.517. The van der Waals surface area contributed by atoms with Crippen molar-refractivity contribution < 1.29 is 4.79 Å². The van der Waals surface area contributed by atoms with Crippen molar-refractivity contribution in [3.8, 4) is 0 Å². The zero-order valence-corrected chi connectivity index (χ0v) is 19.5. The molecule has 1 amide bonds. The number of carbonyl (C=O) groups excluding carboxylic acids is 1. The number of aromatic nitrogens is 2. The lowest BCUT2D eigenvalue weighted by Gasteiger charge is -2.59.